The fourth-order valence-corrected chi connectivity index (χ4v) is 8.20. The number of rotatable bonds is 50. The fraction of sp³-hybridized carbons (Fsp3) is 0.857. The van der Waals surface area contributed by atoms with Crippen LogP contribution in [-0.4, -0.2) is 47.4 Å². The molecule has 0 aliphatic carbocycles. The van der Waals surface area contributed by atoms with Crippen molar-refractivity contribution in [2.24, 2.45) is 0 Å². The summed E-state index contributed by atoms with van der Waals surface area (Å²) in [5.41, 5.74) is 0. The summed E-state index contributed by atoms with van der Waals surface area (Å²) in [7, 11) is 0. The summed E-state index contributed by atoms with van der Waals surface area (Å²) in [6.07, 6.45) is 62.6. The average molecular weight is 872 g/mol. The molecule has 0 saturated heterocycles. The van der Waals surface area contributed by atoms with E-state index in [2.05, 4.69) is 55.6 Å². The molecular weight excluding hydrogens is 767 g/mol. The zero-order valence-electron chi connectivity index (χ0n) is 41.4. The lowest BCUT2D eigenvalue weighted by Crippen LogP contribution is -2.45. The van der Waals surface area contributed by atoms with E-state index in [0.29, 0.717) is 25.9 Å². The van der Waals surface area contributed by atoms with Crippen molar-refractivity contribution >= 4 is 11.9 Å². The minimum Gasteiger partial charge on any atom is -0.466 e. The lowest BCUT2D eigenvalue weighted by molar-refractivity contribution is -0.143. The molecule has 0 bridgehead atoms. The molecule has 0 aromatic rings. The maximum absolute atomic E-state index is 12.5. The molecule has 364 valence electrons. The van der Waals surface area contributed by atoms with Crippen LogP contribution in [0, 0.1) is 0 Å². The second kappa shape index (κ2) is 51.7. The zero-order valence-corrected chi connectivity index (χ0v) is 41.4. The van der Waals surface area contributed by atoms with Crippen LogP contribution in [-0.2, 0) is 14.3 Å². The van der Waals surface area contributed by atoms with E-state index in [4.69, 9.17) is 4.74 Å². The van der Waals surface area contributed by atoms with Gasteiger partial charge in [-0.2, -0.15) is 0 Å². The first kappa shape index (κ1) is 60.1. The third-order valence-corrected chi connectivity index (χ3v) is 12.4. The van der Waals surface area contributed by atoms with Crippen molar-refractivity contribution in [2.75, 3.05) is 13.2 Å². The largest absolute Gasteiger partial charge is 0.466 e. The number of carbonyl (C=O) groups is 2. The standard InChI is InChI=1S/C56H105NO5/c1-3-5-7-9-11-13-15-17-18-19-20-21-22-23-25-28-32-36-40-44-48-54(59)53(52-58)57-55(60)49-45-41-37-33-29-26-27-31-35-39-43-47-51-62-56(61)50-46-42-38-34-30-24-16-14-12-10-8-6-4-2/h8,10,14,16,27,31,53-54,58-59H,3-7,9,11-13,15,17-26,28-30,32-52H2,1-2H3,(H,57,60)/b10-8-,16-14-,31-27-. The molecular formula is C56H105NO5. The summed E-state index contributed by atoms with van der Waals surface area (Å²) in [5.74, 6) is -0.0985. The summed E-state index contributed by atoms with van der Waals surface area (Å²) in [5, 5.41) is 23.3. The van der Waals surface area contributed by atoms with Crippen LogP contribution in [0.5, 0.6) is 0 Å². The van der Waals surface area contributed by atoms with Gasteiger partial charge in [-0.05, 0) is 83.5 Å². The Kier molecular flexibility index (Phi) is 50.1. The Bertz CT molecular complexity index is 1010. The minimum absolute atomic E-state index is 0.0380. The predicted octanol–water partition coefficient (Wildman–Crippen LogP) is 16.5. The summed E-state index contributed by atoms with van der Waals surface area (Å²) >= 11 is 0. The number of nitrogens with one attached hydrogen (secondary N) is 1. The summed E-state index contributed by atoms with van der Waals surface area (Å²) < 4.78 is 5.43. The van der Waals surface area contributed by atoms with Gasteiger partial charge in [-0.25, -0.2) is 0 Å². The number of amides is 1. The Hall–Kier alpha value is -1.92. The smallest absolute Gasteiger partial charge is 0.305 e. The van der Waals surface area contributed by atoms with Gasteiger partial charge in [0, 0.05) is 12.8 Å². The Morgan fingerprint density at radius 3 is 1.31 bits per heavy atom. The molecule has 0 saturated carbocycles. The molecule has 2 atom stereocenters. The van der Waals surface area contributed by atoms with Gasteiger partial charge < -0.3 is 20.3 Å². The van der Waals surface area contributed by atoms with E-state index in [1.165, 1.54) is 161 Å². The number of ether oxygens (including phenoxy) is 1. The van der Waals surface area contributed by atoms with Gasteiger partial charge in [-0.1, -0.05) is 224 Å². The van der Waals surface area contributed by atoms with Crippen molar-refractivity contribution < 1.29 is 24.5 Å². The van der Waals surface area contributed by atoms with E-state index in [0.717, 1.165) is 89.9 Å². The van der Waals surface area contributed by atoms with Crippen LogP contribution < -0.4 is 5.32 Å². The van der Waals surface area contributed by atoms with Gasteiger partial charge in [-0.3, -0.25) is 9.59 Å². The van der Waals surface area contributed by atoms with Gasteiger partial charge in [0.1, 0.15) is 0 Å². The van der Waals surface area contributed by atoms with Gasteiger partial charge in [0.2, 0.25) is 5.91 Å². The lowest BCUT2D eigenvalue weighted by atomic mass is 10.0. The van der Waals surface area contributed by atoms with E-state index in [1.54, 1.807) is 0 Å². The average Bonchev–Trinajstić information content (AvgIpc) is 3.27. The number of hydrogen-bond acceptors (Lipinski definition) is 5. The third kappa shape index (κ3) is 47.6. The number of aliphatic hydroxyl groups is 2. The van der Waals surface area contributed by atoms with Gasteiger partial charge >= 0.3 is 5.97 Å². The summed E-state index contributed by atoms with van der Waals surface area (Å²) in [6.45, 7) is 4.83. The Morgan fingerprint density at radius 2 is 0.839 bits per heavy atom. The third-order valence-electron chi connectivity index (χ3n) is 12.4. The van der Waals surface area contributed by atoms with E-state index >= 15 is 0 Å². The number of esters is 1. The van der Waals surface area contributed by atoms with Crippen LogP contribution in [0.25, 0.3) is 0 Å². The van der Waals surface area contributed by atoms with E-state index in [-0.39, 0.29) is 18.5 Å². The van der Waals surface area contributed by atoms with Gasteiger partial charge in [0.05, 0.1) is 25.4 Å². The van der Waals surface area contributed by atoms with E-state index in [1.807, 2.05) is 0 Å². The Balaban J connectivity index is 3.52. The molecule has 3 N–H and O–H groups in total. The molecule has 0 aromatic heterocycles. The monoisotopic (exact) mass is 872 g/mol. The first-order chi connectivity index (χ1) is 30.5. The highest BCUT2D eigenvalue weighted by Gasteiger charge is 2.20. The molecule has 0 heterocycles. The highest BCUT2D eigenvalue weighted by atomic mass is 16.5. The molecule has 6 nitrogen and oxygen atoms in total. The maximum atomic E-state index is 12.5. The van der Waals surface area contributed by atoms with Crippen molar-refractivity contribution in [3.63, 3.8) is 0 Å². The maximum Gasteiger partial charge on any atom is 0.305 e. The number of hydrogen-bond donors (Lipinski definition) is 3. The first-order valence-corrected chi connectivity index (χ1v) is 27.2. The molecule has 2 unspecified atom stereocenters. The van der Waals surface area contributed by atoms with E-state index < -0.39 is 12.1 Å². The molecule has 1 amide bonds. The van der Waals surface area contributed by atoms with Crippen molar-refractivity contribution in [3.8, 4) is 0 Å². The van der Waals surface area contributed by atoms with Crippen molar-refractivity contribution in [1.82, 2.24) is 5.32 Å². The Morgan fingerprint density at radius 1 is 0.452 bits per heavy atom. The Labute approximate surface area is 385 Å². The second-order valence-corrected chi connectivity index (χ2v) is 18.6. The van der Waals surface area contributed by atoms with Gasteiger partial charge in [-0.15, -0.1) is 0 Å². The lowest BCUT2D eigenvalue weighted by Gasteiger charge is -2.22. The minimum atomic E-state index is -0.682. The van der Waals surface area contributed by atoms with Gasteiger partial charge in [0.15, 0.2) is 0 Å². The van der Waals surface area contributed by atoms with Crippen LogP contribution in [0.3, 0.4) is 0 Å². The molecule has 0 aromatic carbocycles. The van der Waals surface area contributed by atoms with Crippen LogP contribution >= 0.6 is 0 Å². The topological polar surface area (TPSA) is 95.9 Å². The van der Waals surface area contributed by atoms with E-state index in [9.17, 15) is 19.8 Å². The van der Waals surface area contributed by atoms with Crippen LogP contribution in [0.15, 0.2) is 36.5 Å². The number of aliphatic hydroxyl groups excluding tert-OH is 2. The van der Waals surface area contributed by atoms with Crippen LogP contribution in [0.1, 0.15) is 284 Å². The van der Waals surface area contributed by atoms with Gasteiger partial charge in [0.25, 0.3) is 0 Å². The highest BCUT2D eigenvalue weighted by molar-refractivity contribution is 5.76. The summed E-state index contributed by atoms with van der Waals surface area (Å²) in [6, 6.07) is -0.562. The van der Waals surface area contributed by atoms with Crippen molar-refractivity contribution in [2.45, 2.75) is 296 Å². The quantitative estimate of drug-likeness (QED) is 0.0321. The predicted molar refractivity (Wildman–Crippen MR) is 269 cm³/mol. The molecule has 0 fully saturated rings. The zero-order chi connectivity index (χ0) is 45.1. The van der Waals surface area contributed by atoms with Crippen molar-refractivity contribution in [1.29, 1.82) is 0 Å². The summed E-state index contributed by atoms with van der Waals surface area (Å²) in [4.78, 5) is 24.5. The molecule has 0 rings (SSSR count). The molecule has 0 aliphatic rings. The molecule has 0 radical (unpaired) electrons. The molecule has 0 spiro atoms. The highest BCUT2D eigenvalue weighted by Crippen LogP contribution is 2.17. The number of allylic oxidation sites excluding steroid dienone is 6. The van der Waals surface area contributed by atoms with Crippen LogP contribution in [0.2, 0.25) is 0 Å². The fourth-order valence-electron chi connectivity index (χ4n) is 8.20. The van der Waals surface area contributed by atoms with Crippen molar-refractivity contribution in [3.05, 3.63) is 36.5 Å². The molecule has 62 heavy (non-hydrogen) atoms. The molecule has 0 aliphatic heterocycles. The normalized spacial score (nSPS) is 12.9. The second-order valence-electron chi connectivity index (χ2n) is 18.6. The number of carbonyl (C=O) groups excluding carboxylic acids is 2. The SMILES string of the molecule is CCC/C=C\C/C=C\CCCCCCCC(=O)OCCCCC/C=C\CCCCCCCC(=O)NC(CO)C(O)CCCCCCCCCCCCCCCCCCCCCC. The molecule has 6 heteroatoms. The first-order valence-electron chi connectivity index (χ1n) is 27.2. The number of unbranched alkanes of at least 4 members (excludes halogenated alkanes) is 33. The van der Waals surface area contributed by atoms with Crippen LogP contribution in [0.4, 0.5) is 0 Å².